The van der Waals surface area contributed by atoms with Crippen molar-refractivity contribution in [3.8, 4) is 0 Å². The van der Waals surface area contributed by atoms with Crippen LogP contribution in [0, 0.1) is 0 Å². The number of hydrogen-bond donors (Lipinski definition) is 0. The zero-order chi connectivity index (χ0) is 14.1. The monoisotopic (exact) mass is 286 g/mol. The summed E-state index contributed by atoms with van der Waals surface area (Å²) in [7, 11) is 0. The van der Waals surface area contributed by atoms with Gasteiger partial charge in [-0.2, -0.15) is 4.98 Å². The number of hydrogen-bond acceptors (Lipinski definition) is 6. The first-order valence-electron chi connectivity index (χ1n) is 6.82. The molecule has 3 heterocycles. The molecule has 3 aromatic rings. The van der Waals surface area contributed by atoms with E-state index in [2.05, 4.69) is 15.1 Å². The maximum Gasteiger partial charge on any atom is 0.258 e. The second kappa shape index (κ2) is 5.27. The standard InChI is InChI=1S/C14H14N4O3/c1-2-4-11-10(3-1)15-9-18(11)7-13-16-14(21-17-13)12-8-19-5-6-20-12/h1-4,9,12H,5-8H2. The minimum Gasteiger partial charge on any atom is -0.376 e. The van der Waals surface area contributed by atoms with Crippen LogP contribution in [-0.2, 0) is 16.0 Å². The Bertz CT molecular complexity index is 745. The minimum atomic E-state index is -0.264. The zero-order valence-corrected chi connectivity index (χ0v) is 11.3. The van der Waals surface area contributed by atoms with Crippen LogP contribution in [0.2, 0.25) is 0 Å². The highest BCUT2D eigenvalue weighted by atomic mass is 16.6. The highest BCUT2D eigenvalue weighted by Crippen LogP contribution is 2.19. The fourth-order valence-electron chi connectivity index (χ4n) is 2.38. The molecule has 0 spiro atoms. The van der Waals surface area contributed by atoms with Crippen LogP contribution in [-0.4, -0.2) is 39.5 Å². The van der Waals surface area contributed by atoms with E-state index < -0.39 is 0 Å². The Balaban J connectivity index is 1.56. The summed E-state index contributed by atoms with van der Waals surface area (Å²) < 4.78 is 18.1. The summed E-state index contributed by atoms with van der Waals surface area (Å²) in [6, 6.07) is 7.93. The lowest BCUT2D eigenvalue weighted by Crippen LogP contribution is -2.22. The summed E-state index contributed by atoms with van der Waals surface area (Å²) in [6.07, 6.45) is 1.51. The molecular weight excluding hydrogens is 272 g/mol. The van der Waals surface area contributed by atoms with Crippen molar-refractivity contribution in [2.75, 3.05) is 19.8 Å². The van der Waals surface area contributed by atoms with Crippen LogP contribution in [0.15, 0.2) is 35.1 Å². The van der Waals surface area contributed by atoms with Gasteiger partial charge < -0.3 is 18.6 Å². The molecule has 1 aromatic carbocycles. The summed E-state index contributed by atoms with van der Waals surface area (Å²) in [5.74, 6) is 1.07. The van der Waals surface area contributed by atoms with E-state index in [4.69, 9.17) is 14.0 Å². The SMILES string of the molecule is c1ccc2c(c1)ncn2Cc1noc(C2COCCO2)n1. The second-order valence-electron chi connectivity index (χ2n) is 4.84. The smallest absolute Gasteiger partial charge is 0.258 e. The van der Waals surface area contributed by atoms with E-state index in [1.165, 1.54) is 0 Å². The van der Waals surface area contributed by atoms with Crippen molar-refractivity contribution in [1.29, 1.82) is 0 Å². The maximum atomic E-state index is 5.54. The molecule has 0 radical (unpaired) electrons. The Labute approximate surface area is 120 Å². The van der Waals surface area contributed by atoms with Crippen molar-refractivity contribution in [2.45, 2.75) is 12.6 Å². The average Bonchev–Trinajstić information content (AvgIpc) is 3.17. The molecule has 0 N–H and O–H groups in total. The molecule has 1 aliphatic heterocycles. The van der Waals surface area contributed by atoms with Gasteiger partial charge in [0.25, 0.3) is 5.89 Å². The van der Waals surface area contributed by atoms with Gasteiger partial charge in [0, 0.05) is 0 Å². The lowest BCUT2D eigenvalue weighted by atomic mass is 10.3. The van der Waals surface area contributed by atoms with E-state index in [-0.39, 0.29) is 6.10 Å². The summed E-state index contributed by atoms with van der Waals surface area (Å²) in [5.41, 5.74) is 1.99. The highest BCUT2D eigenvalue weighted by Gasteiger charge is 2.23. The zero-order valence-electron chi connectivity index (χ0n) is 11.3. The highest BCUT2D eigenvalue weighted by molar-refractivity contribution is 5.74. The fourth-order valence-corrected chi connectivity index (χ4v) is 2.38. The molecule has 1 fully saturated rings. The minimum absolute atomic E-state index is 0.264. The maximum absolute atomic E-state index is 5.54. The summed E-state index contributed by atoms with van der Waals surface area (Å²) in [6.45, 7) is 2.13. The van der Waals surface area contributed by atoms with Crippen molar-refractivity contribution in [3.63, 3.8) is 0 Å². The lowest BCUT2D eigenvalue weighted by Gasteiger charge is -2.19. The van der Waals surface area contributed by atoms with Gasteiger partial charge in [-0.1, -0.05) is 17.3 Å². The lowest BCUT2D eigenvalue weighted by molar-refractivity contribution is -0.101. The largest absolute Gasteiger partial charge is 0.376 e. The van der Waals surface area contributed by atoms with Crippen molar-refractivity contribution in [2.24, 2.45) is 0 Å². The van der Waals surface area contributed by atoms with Crippen molar-refractivity contribution >= 4 is 11.0 Å². The van der Waals surface area contributed by atoms with Crippen LogP contribution >= 0.6 is 0 Å². The van der Waals surface area contributed by atoms with E-state index in [1.807, 2.05) is 28.8 Å². The molecule has 2 aromatic heterocycles. The Kier molecular flexibility index (Phi) is 3.13. The van der Waals surface area contributed by atoms with Crippen molar-refractivity contribution in [1.82, 2.24) is 19.7 Å². The molecule has 1 aliphatic rings. The molecule has 7 heteroatoms. The number of para-hydroxylation sites is 2. The third kappa shape index (κ3) is 2.41. The molecule has 108 valence electrons. The third-order valence-corrected chi connectivity index (χ3v) is 3.41. The van der Waals surface area contributed by atoms with E-state index in [0.29, 0.717) is 38.1 Å². The Hall–Kier alpha value is -2.25. The Morgan fingerprint density at radius 1 is 1.24 bits per heavy atom. The molecule has 4 rings (SSSR count). The normalized spacial score (nSPS) is 19.1. The number of imidazole rings is 1. The molecular formula is C14H14N4O3. The molecule has 0 saturated carbocycles. The van der Waals surface area contributed by atoms with E-state index in [9.17, 15) is 0 Å². The Morgan fingerprint density at radius 2 is 2.19 bits per heavy atom. The van der Waals surface area contributed by atoms with Gasteiger partial charge in [0.2, 0.25) is 0 Å². The van der Waals surface area contributed by atoms with Crippen LogP contribution in [0.4, 0.5) is 0 Å². The molecule has 1 saturated heterocycles. The molecule has 0 bridgehead atoms. The quantitative estimate of drug-likeness (QED) is 0.727. The predicted octanol–water partition coefficient (Wildman–Crippen LogP) is 1.56. The topological polar surface area (TPSA) is 75.2 Å². The van der Waals surface area contributed by atoms with Gasteiger partial charge in [-0.05, 0) is 12.1 Å². The van der Waals surface area contributed by atoms with Gasteiger partial charge in [-0.25, -0.2) is 4.98 Å². The number of rotatable bonds is 3. The number of ether oxygens (including phenoxy) is 2. The van der Waals surface area contributed by atoms with E-state index in [0.717, 1.165) is 11.0 Å². The van der Waals surface area contributed by atoms with Gasteiger partial charge in [-0.15, -0.1) is 0 Å². The summed E-state index contributed by atoms with van der Waals surface area (Å²) in [5, 5.41) is 4.00. The second-order valence-corrected chi connectivity index (χ2v) is 4.84. The van der Waals surface area contributed by atoms with Crippen LogP contribution in [0.5, 0.6) is 0 Å². The Morgan fingerprint density at radius 3 is 3.10 bits per heavy atom. The molecule has 0 aliphatic carbocycles. The van der Waals surface area contributed by atoms with Gasteiger partial charge in [0.15, 0.2) is 11.9 Å². The van der Waals surface area contributed by atoms with Crippen molar-refractivity contribution in [3.05, 3.63) is 42.3 Å². The van der Waals surface area contributed by atoms with Crippen molar-refractivity contribution < 1.29 is 14.0 Å². The van der Waals surface area contributed by atoms with E-state index in [1.54, 1.807) is 6.33 Å². The molecule has 7 nitrogen and oxygen atoms in total. The first-order valence-corrected chi connectivity index (χ1v) is 6.82. The fraction of sp³-hybridized carbons (Fsp3) is 0.357. The number of aromatic nitrogens is 4. The first-order chi connectivity index (χ1) is 10.4. The molecule has 21 heavy (non-hydrogen) atoms. The van der Waals surface area contributed by atoms with Gasteiger partial charge in [-0.3, -0.25) is 0 Å². The van der Waals surface area contributed by atoms with Crippen LogP contribution in [0.25, 0.3) is 11.0 Å². The summed E-state index contributed by atoms with van der Waals surface area (Å²) >= 11 is 0. The van der Waals surface area contributed by atoms with Gasteiger partial charge >= 0.3 is 0 Å². The van der Waals surface area contributed by atoms with E-state index >= 15 is 0 Å². The van der Waals surface area contributed by atoms with Gasteiger partial charge in [0.05, 0.1) is 43.7 Å². The summed E-state index contributed by atoms with van der Waals surface area (Å²) in [4.78, 5) is 8.73. The van der Waals surface area contributed by atoms with Crippen LogP contribution in [0.3, 0.4) is 0 Å². The number of nitrogens with zero attached hydrogens (tertiary/aromatic N) is 4. The molecule has 1 atom stereocenters. The average molecular weight is 286 g/mol. The number of benzene rings is 1. The predicted molar refractivity (Wildman–Crippen MR) is 72.6 cm³/mol. The molecule has 0 amide bonds. The third-order valence-electron chi connectivity index (χ3n) is 3.41. The first kappa shape index (κ1) is 12.5. The van der Waals surface area contributed by atoms with Crippen LogP contribution < -0.4 is 0 Å². The van der Waals surface area contributed by atoms with Gasteiger partial charge in [0.1, 0.15) is 0 Å². The number of fused-ring (bicyclic) bond motifs is 1. The van der Waals surface area contributed by atoms with Crippen LogP contribution in [0.1, 0.15) is 17.8 Å². The molecule has 1 unspecified atom stereocenters.